The van der Waals surface area contributed by atoms with Crippen molar-refractivity contribution in [2.24, 2.45) is 5.41 Å². The molecule has 0 amide bonds. The average Bonchev–Trinajstić information content (AvgIpc) is 3.00. The molecule has 0 saturated heterocycles. The minimum atomic E-state index is -0.431. The van der Waals surface area contributed by atoms with E-state index >= 15 is 0 Å². The summed E-state index contributed by atoms with van der Waals surface area (Å²) in [7, 11) is 0. The first-order valence-corrected chi connectivity index (χ1v) is 13.9. The first kappa shape index (κ1) is 31.0. The van der Waals surface area contributed by atoms with E-state index < -0.39 is 11.4 Å². The Kier molecular flexibility index (Phi) is 12.5. The molecule has 0 atom stereocenters. The van der Waals surface area contributed by atoms with Crippen LogP contribution in [0.15, 0.2) is 84.9 Å². The van der Waals surface area contributed by atoms with Crippen LogP contribution in [0.4, 0.5) is 0 Å². The van der Waals surface area contributed by atoms with Crippen LogP contribution in [-0.4, -0.2) is 38.4 Å². The SMILES string of the molecule is CCC(C)(C)C(=O)OCCCCOc1ccc(C#Cc2ccc(OCCOC(=O)C=Cc3ccccc3)cc2)cc1. The highest BCUT2D eigenvalue weighted by atomic mass is 16.6. The summed E-state index contributed by atoms with van der Waals surface area (Å²) < 4.78 is 21.9. The van der Waals surface area contributed by atoms with Gasteiger partial charge in [0.05, 0.1) is 18.6 Å². The van der Waals surface area contributed by atoms with Crippen LogP contribution in [0.5, 0.6) is 11.5 Å². The zero-order chi connectivity index (χ0) is 29.3. The van der Waals surface area contributed by atoms with Gasteiger partial charge in [-0.3, -0.25) is 4.79 Å². The van der Waals surface area contributed by atoms with Crippen LogP contribution in [0.2, 0.25) is 0 Å². The first-order chi connectivity index (χ1) is 19.9. The summed E-state index contributed by atoms with van der Waals surface area (Å²) >= 11 is 0. The summed E-state index contributed by atoms with van der Waals surface area (Å²) in [6.07, 6.45) is 5.44. The summed E-state index contributed by atoms with van der Waals surface area (Å²) in [6, 6.07) is 24.6. The number of unbranched alkanes of at least 4 members (excludes halogenated alkanes) is 1. The minimum Gasteiger partial charge on any atom is -0.494 e. The lowest BCUT2D eigenvalue weighted by molar-refractivity contribution is -0.154. The van der Waals surface area contributed by atoms with Crippen molar-refractivity contribution in [1.82, 2.24) is 0 Å². The number of ether oxygens (including phenoxy) is 4. The Morgan fingerprint density at radius 3 is 1.85 bits per heavy atom. The molecule has 6 heteroatoms. The third kappa shape index (κ3) is 11.6. The summed E-state index contributed by atoms with van der Waals surface area (Å²) in [4.78, 5) is 23.8. The fourth-order valence-electron chi connectivity index (χ4n) is 3.39. The standard InChI is InChI=1S/C35H38O6/c1-4-35(2,3)34(37)41-25-9-8-24-38-31-19-14-29(15-20-31)12-13-30-16-21-32(22-17-30)39-26-27-40-33(36)23-18-28-10-6-5-7-11-28/h5-7,10-11,14-23H,4,8-9,24-27H2,1-3H3. The van der Waals surface area contributed by atoms with Crippen LogP contribution in [-0.2, 0) is 19.1 Å². The maximum atomic E-state index is 12.0. The van der Waals surface area contributed by atoms with Gasteiger partial charge in [-0.2, -0.15) is 0 Å². The van der Waals surface area contributed by atoms with E-state index in [0.717, 1.165) is 41.7 Å². The second-order valence-electron chi connectivity index (χ2n) is 9.99. The lowest BCUT2D eigenvalue weighted by atomic mass is 9.91. The van der Waals surface area contributed by atoms with E-state index in [1.54, 1.807) is 6.08 Å². The quantitative estimate of drug-likeness (QED) is 0.0938. The second-order valence-corrected chi connectivity index (χ2v) is 9.99. The van der Waals surface area contributed by atoms with Gasteiger partial charge in [-0.1, -0.05) is 49.1 Å². The lowest BCUT2D eigenvalue weighted by Crippen LogP contribution is -2.26. The molecule has 0 spiro atoms. The molecule has 0 heterocycles. The van der Waals surface area contributed by atoms with Gasteiger partial charge < -0.3 is 18.9 Å². The van der Waals surface area contributed by atoms with Gasteiger partial charge in [0.1, 0.15) is 24.7 Å². The van der Waals surface area contributed by atoms with Crippen LogP contribution in [0.3, 0.4) is 0 Å². The fraction of sp³-hybridized carbons (Fsp3) is 0.314. The Morgan fingerprint density at radius 1 is 0.707 bits per heavy atom. The molecule has 0 aromatic heterocycles. The van der Waals surface area contributed by atoms with Gasteiger partial charge in [-0.05, 0) is 93.3 Å². The van der Waals surface area contributed by atoms with E-state index in [2.05, 4.69) is 11.8 Å². The van der Waals surface area contributed by atoms with Crippen molar-refractivity contribution < 1.29 is 28.5 Å². The van der Waals surface area contributed by atoms with Gasteiger partial charge >= 0.3 is 11.9 Å². The molecule has 3 aromatic rings. The van der Waals surface area contributed by atoms with Gasteiger partial charge in [0.25, 0.3) is 0 Å². The Morgan fingerprint density at radius 2 is 1.27 bits per heavy atom. The van der Waals surface area contributed by atoms with Crippen LogP contribution in [0, 0.1) is 17.3 Å². The Bertz CT molecular complexity index is 1310. The normalized spacial score (nSPS) is 10.9. The second kappa shape index (κ2) is 16.6. The maximum Gasteiger partial charge on any atom is 0.330 e. The number of hydrogen-bond acceptors (Lipinski definition) is 6. The average molecular weight is 555 g/mol. The van der Waals surface area contributed by atoms with Crippen molar-refractivity contribution in [2.45, 2.75) is 40.0 Å². The van der Waals surface area contributed by atoms with Crippen molar-refractivity contribution in [2.75, 3.05) is 26.4 Å². The third-order valence-corrected chi connectivity index (χ3v) is 6.34. The van der Waals surface area contributed by atoms with E-state index in [-0.39, 0.29) is 19.2 Å². The van der Waals surface area contributed by atoms with E-state index in [0.29, 0.717) is 19.0 Å². The predicted octanol–water partition coefficient (Wildman–Crippen LogP) is 6.86. The summed E-state index contributed by atoms with van der Waals surface area (Å²) in [5, 5.41) is 0. The van der Waals surface area contributed by atoms with E-state index in [9.17, 15) is 9.59 Å². The molecule has 214 valence electrons. The number of carbonyl (C=O) groups is 2. The van der Waals surface area contributed by atoms with Gasteiger partial charge in [-0.15, -0.1) is 0 Å². The molecule has 0 radical (unpaired) electrons. The molecule has 0 N–H and O–H groups in total. The Labute approximate surface area is 243 Å². The Balaban J connectivity index is 1.32. The molecule has 0 aliphatic heterocycles. The van der Waals surface area contributed by atoms with Gasteiger partial charge in [0.2, 0.25) is 0 Å². The molecule has 41 heavy (non-hydrogen) atoms. The van der Waals surface area contributed by atoms with Crippen molar-refractivity contribution in [3.8, 4) is 23.3 Å². The highest BCUT2D eigenvalue weighted by Gasteiger charge is 2.26. The zero-order valence-corrected chi connectivity index (χ0v) is 24.1. The minimum absolute atomic E-state index is 0.148. The molecule has 0 unspecified atom stereocenters. The summed E-state index contributed by atoms with van der Waals surface area (Å²) in [6.45, 7) is 7.17. The molecular formula is C35H38O6. The monoisotopic (exact) mass is 554 g/mol. The predicted molar refractivity (Wildman–Crippen MR) is 161 cm³/mol. The topological polar surface area (TPSA) is 71.1 Å². The number of benzene rings is 3. The van der Waals surface area contributed by atoms with Gasteiger partial charge in [-0.25, -0.2) is 4.79 Å². The van der Waals surface area contributed by atoms with Crippen LogP contribution in [0.1, 0.15) is 56.7 Å². The molecule has 3 rings (SSSR count). The maximum absolute atomic E-state index is 12.0. The fourth-order valence-corrected chi connectivity index (χ4v) is 3.39. The number of rotatable bonds is 14. The molecule has 6 nitrogen and oxygen atoms in total. The van der Waals surface area contributed by atoms with E-state index in [1.165, 1.54) is 6.08 Å². The van der Waals surface area contributed by atoms with Crippen molar-refractivity contribution in [3.05, 3.63) is 102 Å². The Hall–Kier alpha value is -4.50. The molecule has 0 bridgehead atoms. The highest BCUT2D eigenvalue weighted by molar-refractivity contribution is 5.87. The lowest BCUT2D eigenvalue weighted by Gasteiger charge is -2.20. The first-order valence-electron chi connectivity index (χ1n) is 13.9. The highest BCUT2D eigenvalue weighted by Crippen LogP contribution is 2.21. The molecule has 0 aliphatic carbocycles. The summed E-state index contributed by atoms with van der Waals surface area (Å²) in [5.74, 6) is 7.19. The molecule has 0 fully saturated rings. The van der Waals surface area contributed by atoms with Gasteiger partial charge in [0, 0.05) is 17.2 Å². The van der Waals surface area contributed by atoms with Gasteiger partial charge in [0.15, 0.2) is 0 Å². The number of hydrogen-bond donors (Lipinski definition) is 0. The van der Waals surface area contributed by atoms with E-state index in [4.69, 9.17) is 18.9 Å². The van der Waals surface area contributed by atoms with Crippen molar-refractivity contribution in [1.29, 1.82) is 0 Å². The van der Waals surface area contributed by atoms with E-state index in [1.807, 2.05) is 99.6 Å². The molecular weight excluding hydrogens is 516 g/mol. The van der Waals surface area contributed by atoms with Crippen molar-refractivity contribution >= 4 is 18.0 Å². The third-order valence-electron chi connectivity index (χ3n) is 6.34. The molecule has 3 aromatic carbocycles. The molecule has 0 saturated carbocycles. The summed E-state index contributed by atoms with van der Waals surface area (Å²) in [5.41, 5.74) is 2.25. The zero-order valence-electron chi connectivity index (χ0n) is 24.1. The van der Waals surface area contributed by atoms with Crippen molar-refractivity contribution in [3.63, 3.8) is 0 Å². The van der Waals surface area contributed by atoms with Crippen LogP contribution < -0.4 is 9.47 Å². The van der Waals surface area contributed by atoms with Crippen LogP contribution >= 0.6 is 0 Å². The largest absolute Gasteiger partial charge is 0.494 e. The number of carbonyl (C=O) groups excluding carboxylic acids is 2. The number of esters is 2. The smallest absolute Gasteiger partial charge is 0.330 e. The molecule has 0 aliphatic rings. The van der Waals surface area contributed by atoms with Crippen LogP contribution in [0.25, 0.3) is 6.08 Å².